The lowest BCUT2D eigenvalue weighted by Crippen LogP contribution is -2.33. The Balaban J connectivity index is 0.00000272. The predicted octanol–water partition coefficient (Wildman–Crippen LogP) is 3.20. The average Bonchev–Trinajstić information content (AvgIpc) is 3.25. The monoisotopic (exact) mass is 451 g/mol. The van der Waals surface area contributed by atoms with E-state index in [4.69, 9.17) is 4.74 Å². The molecule has 0 bridgehead atoms. The fraction of sp³-hybridized carbons (Fsp3) is 0.250. The van der Waals surface area contributed by atoms with Crippen LogP contribution in [0.2, 0.25) is 0 Å². The Hall–Kier alpha value is -3.08. The molecule has 8 nitrogen and oxygen atoms in total. The molecule has 0 unspecified atom stereocenters. The molecule has 1 atom stereocenters. The molecule has 2 aromatic carbocycles. The first-order valence-electron chi connectivity index (χ1n) is 9.30. The number of hydrogen-bond acceptors (Lipinski definition) is 6. The van der Waals surface area contributed by atoms with E-state index in [1.807, 2.05) is 12.1 Å². The Morgan fingerprint density at radius 2 is 1.94 bits per heavy atom. The predicted molar refractivity (Wildman–Crippen MR) is 111 cm³/mol. The van der Waals surface area contributed by atoms with Gasteiger partial charge in [0.15, 0.2) is 5.69 Å². The second kappa shape index (κ2) is 10.3. The molecule has 0 radical (unpaired) electrons. The highest BCUT2D eigenvalue weighted by Gasteiger charge is 2.16. The number of ether oxygens (including phenoxy) is 2. The molecule has 31 heavy (non-hydrogen) atoms. The van der Waals surface area contributed by atoms with Crippen molar-refractivity contribution in [3.63, 3.8) is 0 Å². The van der Waals surface area contributed by atoms with Crippen LogP contribution < -0.4 is 15.4 Å². The zero-order chi connectivity index (χ0) is 20.9. The number of rotatable bonds is 6. The first kappa shape index (κ1) is 22.6. The van der Waals surface area contributed by atoms with E-state index in [0.29, 0.717) is 18.0 Å². The number of carbonyl (C=O) groups excluding carboxylic acids is 1. The van der Waals surface area contributed by atoms with Gasteiger partial charge in [-0.3, -0.25) is 4.79 Å². The first-order chi connectivity index (χ1) is 14.6. The number of nitrogens with zero attached hydrogens (tertiary/aromatic N) is 3. The van der Waals surface area contributed by atoms with Crippen LogP contribution in [0.15, 0.2) is 54.7 Å². The van der Waals surface area contributed by atoms with Crippen molar-refractivity contribution in [2.75, 3.05) is 25.0 Å². The first-order valence-corrected chi connectivity index (χ1v) is 9.30. The third-order valence-corrected chi connectivity index (χ3v) is 4.52. The Morgan fingerprint density at radius 1 is 1.19 bits per heavy atom. The molecule has 0 aliphatic carbocycles. The van der Waals surface area contributed by atoms with Gasteiger partial charge in [0.05, 0.1) is 24.6 Å². The van der Waals surface area contributed by atoms with E-state index >= 15 is 0 Å². The molecular weight excluding hydrogens is 432 g/mol. The van der Waals surface area contributed by atoms with Gasteiger partial charge in [-0.1, -0.05) is 17.3 Å². The van der Waals surface area contributed by atoms with Crippen molar-refractivity contribution in [3.05, 3.63) is 66.0 Å². The molecule has 1 saturated heterocycles. The fourth-order valence-electron chi connectivity index (χ4n) is 3.03. The van der Waals surface area contributed by atoms with Gasteiger partial charge in [-0.25, -0.2) is 4.68 Å². The van der Waals surface area contributed by atoms with E-state index in [9.17, 15) is 13.6 Å². The van der Waals surface area contributed by atoms with Crippen LogP contribution in [-0.2, 0) is 4.74 Å². The van der Waals surface area contributed by atoms with Crippen LogP contribution in [0, 0.1) is 0 Å². The average molecular weight is 452 g/mol. The van der Waals surface area contributed by atoms with Crippen LogP contribution in [0.3, 0.4) is 0 Å². The minimum Gasteiger partial charge on any atom is -0.435 e. The van der Waals surface area contributed by atoms with E-state index < -0.39 is 12.5 Å². The van der Waals surface area contributed by atoms with Crippen molar-refractivity contribution in [2.45, 2.75) is 12.7 Å². The summed E-state index contributed by atoms with van der Waals surface area (Å²) in [7, 11) is 0. The van der Waals surface area contributed by atoms with E-state index in [0.717, 1.165) is 18.7 Å². The number of alkyl halides is 2. The van der Waals surface area contributed by atoms with E-state index in [1.165, 1.54) is 35.1 Å². The summed E-state index contributed by atoms with van der Waals surface area (Å²) in [6.07, 6.45) is 1.45. The summed E-state index contributed by atoms with van der Waals surface area (Å²) in [5.41, 5.74) is 2.32. The summed E-state index contributed by atoms with van der Waals surface area (Å²) in [6, 6.07) is 13.3. The molecular formula is C20H20ClF2N5O3. The van der Waals surface area contributed by atoms with Gasteiger partial charge in [-0.15, -0.1) is 17.5 Å². The molecule has 1 aliphatic rings. The summed E-state index contributed by atoms with van der Waals surface area (Å²) in [5.74, 6) is -0.382. The molecule has 1 amide bonds. The maximum absolute atomic E-state index is 12.5. The number of hydrogen-bond donors (Lipinski definition) is 2. The zero-order valence-electron chi connectivity index (χ0n) is 16.2. The second-order valence-corrected chi connectivity index (χ2v) is 6.56. The van der Waals surface area contributed by atoms with Crippen LogP contribution in [0.4, 0.5) is 14.5 Å². The van der Waals surface area contributed by atoms with Crippen molar-refractivity contribution in [1.29, 1.82) is 0 Å². The van der Waals surface area contributed by atoms with Crippen LogP contribution in [0.1, 0.15) is 22.2 Å². The Bertz CT molecular complexity index is 993. The molecule has 1 aliphatic heterocycles. The van der Waals surface area contributed by atoms with Crippen LogP contribution in [0.5, 0.6) is 5.75 Å². The Morgan fingerprint density at radius 3 is 2.58 bits per heavy atom. The molecule has 3 aromatic rings. The molecule has 2 N–H and O–H groups in total. The zero-order valence-corrected chi connectivity index (χ0v) is 17.0. The quantitative estimate of drug-likeness (QED) is 0.598. The molecule has 2 heterocycles. The topological polar surface area (TPSA) is 90.3 Å². The number of anilines is 1. The number of aromatic nitrogens is 3. The summed E-state index contributed by atoms with van der Waals surface area (Å²) >= 11 is 0. The van der Waals surface area contributed by atoms with Gasteiger partial charge >= 0.3 is 6.61 Å². The van der Waals surface area contributed by atoms with Crippen molar-refractivity contribution in [2.24, 2.45) is 0 Å². The fourth-order valence-corrected chi connectivity index (χ4v) is 3.03. The highest BCUT2D eigenvalue weighted by Crippen LogP contribution is 2.21. The van der Waals surface area contributed by atoms with Gasteiger partial charge < -0.3 is 20.1 Å². The maximum atomic E-state index is 12.5. The lowest BCUT2D eigenvalue weighted by Gasteiger charge is -2.24. The van der Waals surface area contributed by atoms with Crippen molar-refractivity contribution >= 4 is 24.0 Å². The second-order valence-electron chi connectivity index (χ2n) is 6.56. The number of nitrogens with one attached hydrogen (secondary N) is 2. The van der Waals surface area contributed by atoms with E-state index in [2.05, 4.69) is 25.7 Å². The van der Waals surface area contributed by atoms with E-state index in [-0.39, 0.29) is 30.0 Å². The Labute approximate surface area is 182 Å². The number of carbonyl (C=O) groups is 1. The third-order valence-electron chi connectivity index (χ3n) is 4.52. The van der Waals surface area contributed by atoms with Gasteiger partial charge in [0.1, 0.15) is 5.75 Å². The molecule has 11 heteroatoms. The minimum absolute atomic E-state index is 0. The van der Waals surface area contributed by atoms with E-state index in [1.54, 1.807) is 12.1 Å². The summed E-state index contributed by atoms with van der Waals surface area (Å²) in [5, 5.41) is 13.8. The minimum atomic E-state index is -2.89. The van der Waals surface area contributed by atoms with Crippen LogP contribution in [0.25, 0.3) is 5.69 Å². The molecule has 164 valence electrons. The summed E-state index contributed by atoms with van der Waals surface area (Å²) in [6.45, 7) is -0.623. The third kappa shape index (κ3) is 5.75. The largest absolute Gasteiger partial charge is 0.435 e. The van der Waals surface area contributed by atoms with Gasteiger partial charge in [0.2, 0.25) is 0 Å². The molecule has 0 spiro atoms. The summed E-state index contributed by atoms with van der Waals surface area (Å²) < 4.78 is 35.8. The number of halogens is 3. The summed E-state index contributed by atoms with van der Waals surface area (Å²) in [4.78, 5) is 12.5. The van der Waals surface area contributed by atoms with Crippen molar-refractivity contribution in [1.82, 2.24) is 20.3 Å². The molecule has 1 fully saturated rings. The normalized spacial score (nSPS) is 15.9. The number of morpholine rings is 1. The molecule has 4 rings (SSSR count). The van der Waals surface area contributed by atoms with Gasteiger partial charge in [0.25, 0.3) is 5.91 Å². The molecule has 0 saturated carbocycles. The highest BCUT2D eigenvalue weighted by molar-refractivity contribution is 6.02. The highest BCUT2D eigenvalue weighted by atomic mass is 35.5. The van der Waals surface area contributed by atoms with Gasteiger partial charge in [0, 0.05) is 18.8 Å². The Kier molecular flexibility index (Phi) is 7.50. The van der Waals surface area contributed by atoms with Crippen LogP contribution >= 0.6 is 12.4 Å². The lowest BCUT2D eigenvalue weighted by atomic mass is 10.1. The van der Waals surface area contributed by atoms with Crippen molar-refractivity contribution in [3.8, 4) is 11.4 Å². The molecule has 1 aromatic heterocycles. The SMILES string of the molecule is Cl.O=C(Nc1ccc([C@H]2CNCCO2)cc1)c1cn(-c2ccc(OC(F)F)cc2)nn1. The standard InChI is InChI=1S/C20H19F2N5O3.ClH/c21-20(22)30-16-7-5-15(6-8-16)27-12-17(25-26-27)19(28)24-14-3-1-13(2-4-14)18-11-23-9-10-29-18;/h1-8,12,18,20,23H,9-11H2,(H,24,28);1H/t18-;/m1./s1. The van der Waals surface area contributed by atoms with Crippen LogP contribution in [-0.4, -0.2) is 47.2 Å². The van der Waals surface area contributed by atoms with Crippen molar-refractivity contribution < 1.29 is 23.0 Å². The maximum Gasteiger partial charge on any atom is 0.387 e. The lowest BCUT2D eigenvalue weighted by molar-refractivity contribution is -0.0498. The number of amides is 1. The van der Waals surface area contributed by atoms with Gasteiger partial charge in [-0.05, 0) is 42.0 Å². The smallest absolute Gasteiger partial charge is 0.387 e. The number of benzene rings is 2. The van der Waals surface area contributed by atoms with Gasteiger partial charge in [-0.2, -0.15) is 8.78 Å².